The highest BCUT2D eigenvalue weighted by atomic mass is 16.5. The van der Waals surface area contributed by atoms with E-state index >= 15 is 0 Å². The molecular formula is C17H22N4O5. The second-order valence-corrected chi connectivity index (χ2v) is 6.11. The molecule has 0 saturated carbocycles. The first-order chi connectivity index (χ1) is 12.6. The summed E-state index contributed by atoms with van der Waals surface area (Å²) in [7, 11) is 0. The van der Waals surface area contributed by atoms with Crippen molar-refractivity contribution < 1.29 is 18.5 Å². The molecule has 1 fully saturated rings. The molecule has 0 spiro atoms. The third-order valence-electron chi connectivity index (χ3n) is 4.42. The summed E-state index contributed by atoms with van der Waals surface area (Å²) in [4.78, 5) is 30.2. The number of hydrogen-bond acceptors (Lipinski definition) is 8. The van der Waals surface area contributed by atoms with Crippen LogP contribution in [-0.2, 0) is 6.61 Å². The van der Waals surface area contributed by atoms with Gasteiger partial charge in [-0.15, -0.1) is 0 Å². The van der Waals surface area contributed by atoms with Crippen molar-refractivity contribution in [3.8, 4) is 5.75 Å². The highest BCUT2D eigenvalue weighted by Crippen LogP contribution is 2.16. The minimum atomic E-state index is -0.415. The summed E-state index contributed by atoms with van der Waals surface area (Å²) in [6.07, 6.45) is 3.50. The first-order valence-electron chi connectivity index (χ1n) is 8.64. The number of carbonyl (C=O) groups is 1. The van der Waals surface area contributed by atoms with E-state index in [-0.39, 0.29) is 29.5 Å². The van der Waals surface area contributed by atoms with Gasteiger partial charge in [-0.3, -0.25) is 14.5 Å². The average molecular weight is 362 g/mol. The molecule has 9 heteroatoms. The van der Waals surface area contributed by atoms with Crippen LogP contribution < -0.4 is 15.5 Å². The smallest absolute Gasteiger partial charge is 0.316 e. The summed E-state index contributed by atoms with van der Waals surface area (Å²) < 4.78 is 15.5. The molecule has 26 heavy (non-hydrogen) atoms. The van der Waals surface area contributed by atoms with Crippen LogP contribution in [0.1, 0.15) is 42.0 Å². The van der Waals surface area contributed by atoms with Crippen LogP contribution in [0.5, 0.6) is 5.75 Å². The Labute approximate surface area is 150 Å². The topological polar surface area (TPSA) is 111 Å². The van der Waals surface area contributed by atoms with Gasteiger partial charge in [0.15, 0.2) is 6.61 Å². The predicted octanol–water partition coefficient (Wildman–Crippen LogP) is 1.12. The maximum absolute atomic E-state index is 12.2. The molecular weight excluding hydrogens is 340 g/mol. The zero-order chi connectivity index (χ0) is 18.5. The van der Waals surface area contributed by atoms with Gasteiger partial charge < -0.3 is 19.0 Å². The second-order valence-electron chi connectivity index (χ2n) is 6.11. The molecule has 0 radical (unpaired) electrons. The van der Waals surface area contributed by atoms with Crippen LogP contribution in [0.25, 0.3) is 0 Å². The Morgan fingerprint density at radius 2 is 2.35 bits per heavy atom. The highest BCUT2D eigenvalue weighted by Gasteiger charge is 2.24. The first kappa shape index (κ1) is 18.1. The SMILES string of the molecule is CCN1CCC[C@H]1CNC(=O)c1nc(COc2c(C)occc2=O)no1. The maximum Gasteiger partial charge on any atom is 0.316 e. The van der Waals surface area contributed by atoms with E-state index in [0.717, 1.165) is 25.9 Å². The molecule has 1 N–H and O–H groups in total. The molecule has 0 aromatic carbocycles. The zero-order valence-corrected chi connectivity index (χ0v) is 14.9. The molecule has 0 bridgehead atoms. The number of nitrogens with zero attached hydrogens (tertiary/aromatic N) is 3. The Morgan fingerprint density at radius 1 is 1.50 bits per heavy atom. The number of amides is 1. The first-order valence-corrected chi connectivity index (χ1v) is 8.64. The Kier molecular flexibility index (Phi) is 5.67. The molecule has 2 aromatic rings. The Balaban J connectivity index is 1.54. The molecule has 3 heterocycles. The molecule has 3 rings (SSSR count). The Morgan fingerprint density at radius 3 is 3.12 bits per heavy atom. The number of carbonyl (C=O) groups excluding carboxylic acids is 1. The quantitative estimate of drug-likeness (QED) is 0.780. The molecule has 0 aliphatic carbocycles. The van der Waals surface area contributed by atoms with Crippen molar-refractivity contribution in [2.45, 2.75) is 39.3 Å². The fourth-order valence-electron chi connectivity index (χ4n) is 3.04. The number of likely N-dealkylation sites (tertiary alicyclic amines) is 1. The van der Waals surface area contributed by atoms with Gasteiger partial charge in [-0.25, -0.2) is 0 Å². The van der Waals surface area contributed by atoms with Crippen molar-refractivity contribution in [1.29, 1.82) is 0 Å². The van der Waals surface area contributed by atoms with E-state index < -0.39 is 5.91 Å². The van der Waals surface area contributed by atoms with Gasteiger partial charge in [0.2, 0.25) is 17.0 Å². The Bertz CT molecular complexity index is 815. The number of ether oxygens (including phenoxy) is 1. The van der Waals surface area contributed by atoms with Crippen molar-refractivity contribution in [3.63, 3.8) is 0 Å². The fraction of sp³-hybridized carbons (Fsp3) is 0.529. The lowest BCUT2D eigenvalue weighted by molar-refractivity contribution is 0.0897. The van der Waals surface area contributed by atoms with Crippen molar-refractivity contribution in [2.24, 2.45) is 0 Å². The van der Waals surface area contributed by atoms with Gasteiger partial charge in [-0.2, -0.15) is 4.98 Å². The lowest BCUT2D eigenvalue weighted by Crippen LogP contribution is -2.40. The summed E-state index contributed by atoms with van der Waals surface area (Å²) in [5.74, 6) is 0.0811. The van der Waals surface area contributed by atoms with Crippen LogP contribution in [0.4, 0.5) is 0 Å². The molecule has 1 atom stereocenters. The minimum Gasteiger partial charge on any atom is -0.478 e. The fourth-order valence-corrected chi connectivity index (χ4v) is 3.04. The molecule has 1 aliphatic heterocycles. The van der Waals surface area contributed by atoms with Crippen molar-refractivity contribution in [1.82, 2.24) is 20.4 Å². The summed E-state index contributed by atoms with van der Waals surface area (Å²) in [6, 6.07) is 1.61. The van der Waals surface area contributed by atoms with Gasteiger partial charge in [0.1, 0.15) is 5.76 Å². The summed E-state index contributed by atoms with van der Waals surface area (Å²) in [6.45, 7) is 6.21. The van der Waals surface area contributed by atoms with Gasteiger partial charge in [0.05, 0.1) is 6.26 Å². The molecule has 9 nitrogen and oxygen atoms in total. The van der Waals surface area contributed by atoms with Crippen LogP contribution in [0, 0.1) is 6.92 Å². The minimum absolute atomic E-state index is 0.0872. The highest BCUT2D eigenvalue weighted by molar-refractivity contribution is 5.89. The average Bonchev–Trinajstić information content (AvgIpc) is 3.28. The molecule has 2 aromatic heterocycles. The van der Waals surface area contributed by atoms with Gasteiger partial charge in [0, 0.05) is 18.7 Å². The zero-order valence-electron chi connectivity index (χ0n) is 14.9. The maximum atomic E-state index is 12.2. The summed E-state index contributed by atoms with van der Waals surface area (Å²) in [5, 5.41) is 6.54. The molecule has 1 amide bonds. The Hall–Kier alpha value is -2.68. The number of hydrogen-bond donors (Lipinski definition) is 1. The van der Waals surface area contributed by atoms with Crippen LogP contribution in [0.15, 0.2) is 26.1 Å². The van der Waals surface area contributed by atoms with Crippen molar-refractivity contribution in [2.75, 3.05) is 19.6 Å². The van der Waals surface area contributed by atoms with Gasteiger partial charge in [-0.05, 0) is 32.9 Å². The lowest BCUT2D eigenvalue weighted by atomic mass is 10.2. The predicted molar refractivity (Wildman–Crippen MR) is 90.9 cm³/mol. The van der Waals surface area contributed by atoms with E-state index in [9.17, 15) is 9.59 Å². The molecule has 0 unspecified atom stereocenters. The van der Waals surface area contributed by atoms with E-state index in [4.69, 9.17) is 13.7 Å². The largest absolute Gasteiger partial charge is 0.478 e. The molecule has 140 valence electrons. The van der Waals surface area contributed by atoms with Crippen LogP contribution in [-0.4, -0.2) is 46.6 Å². The number of aromatic nitrogens is 2. The normalized spacial score (nSPS) is 17.4. The van der Waals surface area contributed by atoms with Crippen molar-refractivity contribution in [3.05, 3.63) is 40.0 Å². The summed E-state index contributed by atoms with van der Waals surface area (Å²) >= 11 is 0. The number of nitrogens with one attached hydrogen (secondary N) is 1. The van der Waals surface area contributed by atoms with Gasteiger partial charge in [0.25, 0.3) is 0 Å². The molecule has 1 aliphatic rings. The number of rotatable bonds is 7. The standard InChI is InChI=1S/C17H22N4O5/c1-3-21-7-4-5-12(21)9-18-16(23)17-19-14(20-26-17)10-25-15-11(2)24-8-6-13(15)22/h6,8,12H,3-5,7,9-10H2,1-2H3,(H,18,23)/t12-/m0/s1. The van der Waals surface area contributed by atoms with E-state index in [0.29, 0.717) is 18.3 Å². The lowest BCUT2D eigenvalue weighted by Gasteiger charge is -2.22. The van der Waals surface area contributed by atoms with Crippen LogP contribution >= 0.6 is 0 Å². The second kappa shape index (κ2) is 8.13. The van der Waals surface area contributed by atoms with Gasteiger partial charge in [-0.1, -0.05) is 12.1 Å². The van der Waals surface area contributed by atoms with Gasteiger partial charge >= 0.3 is 11.8 Å². The third kappa shape index (κ3) is 4.10. The number of likely N-dealkylation sites (N-methyl/N-ethyl adjacent to an activating group) is 1. The van der Waals surface area contributed by atoms with E-state index in [1.807, 2.05) is 0 Å². The summed E-state index contributed by atoms with van der Waals surface area (Å²) in [5.41, 5.74) is -0.299. The molecule has 1 saturated heterocycles. The van der Waals surface area contributed by atoms with Crippen molar-refractivity contribution >= 4 is 5.91 Å². The van der Waals surface area contributed by atoms with Crippen LogP contribution in [0.2, 0.25) is 0 Å². The van der Waals surface area contributed by atoms with E-state index in [2.05, 4.69) is 27.3 Å². The number of aryl methyl sites for hydroxylation is 1. The monoisotopic (exact) mass is 362 g/mol. The van der Waals surface area contributed by atoms with E-state index in [1.165, 1.54) is 12.3 Å². The van der Waals surface area contributed by atoms with E-state index in [1.54, 1.807) is 6.92 Å². The third-order valence-corrected chi connectivity index (χ3v) is 4.42. The van der Waals surface area contributed by atoms with Crippen LogP contribution in [0.3, 0.4) is 0 Å².